The number of hydrogen-bond donors (Lipinski definition) is 1. The number of quaternary nitrogens is 1. The van der Waals surface area contributed by atoms with Gasteiger partial charge in [-0.1, -0.05) is 12.1 Å². The van der Waals surface area contributed by atoms with Crippen LogP contribution in [0.1, 0.15) is 12.0 Å². The van der Waals surface area contributed by atoms with Crippen molar-refractivity contribution in [3.8, 4) is 5.75 Å². The summed E-state index contributed by atoms with van der Waals surface area (Å²) in [5, 5.41) is 10.1. The first-order valence-corrected chi connectivity index (χ1v) is 4.37. The highest BCUT2D eigenvalue weighted by molar-refractivity contribution is 5.65. The zero-order valence-corrected chi connectivity index (χ0v) is 8.03. The van der Waals surface area contributed by atoms with E-state index in [1.165, 1.54) is 0 Å². The number of nitrogens with two attached hydrogens (primary N) is 1. The minimum Gasteiger partial charge on any atom is -0.628 e. The predicted molar refractivity (Wildman–Crippen MR) is 51.6 cm³/mol. The fourth-order valence-electron chi connectivity index (χ4n) is 1.12. The average molecular weight is 195 g/mol. The normalized spacial score (nSPS) is 9.86. The quantitative estimate of drug-likeness (QED) is 0.699. The van der Waals surface area contributed by atoms with Gasteiger partial charge in [0.25, 0.3) is 0 Å². The Morgan fingerprint density at radius 3 is 2.57 bits per heavy atom. The van der Waals surface area contributed by atoms with Crippen LogP contribution < -0.4 is 10.2 Å². The molecule has 0 saturated heterocycles. The largest absolute Gasteiger partial charge is 0.628 e. The number of rotatable bonds is 4. The fourth-order valence-corrected chi connectivity index (χ4v) is 1.12. The number of carbonyl (C=O) groups excluding carboxylic acids is 1. The van der Waals surface area contributed by atoms with Crippen LogP contribution in [0.15, 0.2) is 24.3 Å². The molecule has 1 amide bonds. The molecule has 0 aliphatic carbocycles. The molecule has 0 unspecified atom stereocenters. The van der Waals surface area contributed by atoms with E-state index in [4.69, 9.17) is 4.74 Å². The first-order chi connectivity index (χ1) is 6.76. The number of aryl methyl sites for hydroxylation is 1. The van der Waals surface area contributed by atoms with E-state index in [1.807, 2.05) is 24.3 Å². The maximum absolute atomic E-state index is 10.7. The van der Waals surface area contributed by atoms with Gasteiger partial charge in [0, 0.05) is 0 Å². The molecule has 0 bridgehead atoms. The Bertz CT molecular complexity index is 295. The van der Waals surface area contributed by atoms with Crippen LogP contribution in [0.4, 0.5) is 0 Å². The molecule has 76 valence electrons. The molecule has 0 spiro atoms. The third-order valence-corrected chi connectivity index (χ3v) is 1.95. The SMILES string of the molecule is COc1ccc(CCC(=O)[NH2+][O-])cc1. The van der Waals surface area contributed by atoms with E-state index >= 15 is 0 Å². The second-order valence-electron chi connectivity index (χ2n) is 2.93. The van der Waals surface area contributed by atoms with Crippen molar-refractivity contribution in [2.24, 2.45) is 0 Å². The highest BCUT2D eigenvalue weighted by atomic mass is 16.5. The van der Waals surface area contributed by atoms with Crippen molar-refractivity contribution in [1.29, 1.82) is 0 Å². The molecule has 14 heavy (non-hydrogen) atoms. The van der Waals surface area contributed by atoms with Gasteiger partial charge in [-0.25, -0.2) is 4.79 Å². The van der Waals surface area contributed by atoms with Crippen LogP contribution in [-0.4, -0.2) is 13.0 Å². The standard InChI is InChI=1S/C10H13NO3/c1-14-9-5-2-8(3-6-9)4-7-10(12)11-13/h2-3,5-6H,4,7,11H2,1H3. The van der Waals surface area contributed by atoms with E-state index in [-0.39, 0.29) is 12.3 Å². The molecule has 1 aromatic rings. The molecule has 0 aliphatic rings. The Kier molecular flexibility index (Phi) is 4.10. The van der Waals surface area contributed by atoms with E-state index in [9.17, 15) is 10.0 Å². The lowest BCUT2D eigenvalue weighted by Crippen LogP contribution is -2.81. The van der Waals surface area contributed by atoms with Crippen molar-refractivity contribution in [3.05, 3.63) is 35.0 Å². The second kappa shape index (κ2) is 5.36. The maximum Gasteiger partial charge on any atom is 0.310 e. The molecule has 4 heteroatoms. The lowest BCUT2D eigenvalue weighted by atomic mass is 10.1. The topological polar surface area (TPSA) is 66.0 Å². The number of benzene rings is 1. The van der Waals surface area contributed by atoms with E-state index in [2.05, 4.69) is 0 Å². The Hall–Kier alpha value is -1.39. The first-order valence-electron chi connectivity index (χ1n) is 4.37. The second-order valence-corrected chi connectivity index (χ2v) is 2.93. The molecule has 0 fully saturated rings. The lowest BCUT2D eigenvalue weighted by Gasteiger charge is -2.02. The lowest BCUT2D eigenvalue weighted by molar-refractivity contribution is -0.500. The van der Waals surface area contributed by atoms with E-state index in [0.717, 1.165) is 11.3 Å². The molecule has 0 aromatic heterocycles. The molecule has 0 saturated carbocycles. The Morgan fingerprint density at radius 2 is 2.07 bits per heavy atom. The number of hydroxylamine groups is 1. The molecular weight excluding hydrogens is 182 g/mol. The van der Waals surface area contributed by atoms with Gasteiger partial charge in [0.2, 0.25) is 0 Å². The maximum atomic E-state index is 10.7. The number of primary amides is 1. The average Bonchev–Trinajstić information content (AvgIpc) is 2.26. The van der Waals surface area contributed by atoms with Crippen molar-refractivity contribution in [3.63, 3.8) is 0 Å². The van der Waals surface area contributed by atoms with Gasteiger partial charge in [-0.3, -0.25) is 0 Å². The summed E-state index contributed by atoms with van der Waals surface area (Å²) in [6.07, 6.45) is 0.872. The zero-order chi connectivity index (χ0) is 10.4. The number of hydrogen-bond acceptors (Lipinski definition) is 3. The summed E-state index contributed by atoms with van der Waals surface area (Å²) in [4.78, 5) is 10.7. The Balaban J connectivity index is 2.47. The van der Waals surface area contributed by atoms with Gasteiger partial charge in [0.15, 0.2) is 0 Å². The molecule has 1 rings (SSSR count). The number of methoxy groups -OCH3 is 1. The summed E-state index contributed by atoms with van der Waals surface area (Å²) < 4.78 is 4.99. The Labute approximate surface area is 82.5 Å². The minimum atomic E-state index is -0.360. The van der Waals surface area contributed by atoms with Crippen molar-refractivity contribution >= 4 is 5.91 Å². The van der Waals surface area contributed by atoms with Gasteiger partial charge in [-0.2, -0.15) is 0 Å². The summed E-state index contributed by atoms with van der Waals surface area (Å²) in [5.41, 5.74) is 1.39. The van der Waals surface area contributed by atoms with E-state index in [0.29, 0.717) is 11.9 Å². The third-order valence-electron chi connectivity index (χ3n) is 1.95. The van der Waals surface area contributed by atoms with E-state index < -0.39 is 0 Å². The Morgan fingerprint density at radius 1 is 1.43 bits per heavy atom. The van der Waals surface area contributed by atoms with Gasteiger partial charge in [-0.05, 0) is 24.1 Å². The summed E-state index contributed by atoms with van der Waals surface area (Å²) >= 11 is 0. The van der Waals surface area contributed by atoms with Crippen molar-refractivity contribution in [1.82, 2.24) is 0 Å². The molecule has 0 aliphatic heterocycles. The fraction of sp³-hybridized carbons (Fsp3) is 0.300. The van der Waals surface area contributed by atoms with Crippen LogP contribution in [0, 0.1) is 5.21 Å². The monoisotopic (exact) mass is 195 g/mol. The van der Waals surface area contributed by atoms with Crippen LogP contribution in [0.2, 0.25) is 0 Å². The predicted octanol–water partition coefficient (Wildman–Crippen LogP) is 0.216. The highest BCUT2D eigenvalue weighted by Crippen LogP contribution is 2.12. The smallest absolute Gasteiger partial charge is 0.310 e. The van der Waals surface area contributed by atoms with Gasteiger partial charge >= 0.3 is 5.91 Å². The summed E-state index contributed by atoms with van der Waals surface area (Å²) in [6, 6.07) is 7.44. The van der Waals surface area contributed by atoms with Gasteiger partial charge in [0.1, 0.15) is 5.75 Å². The summed E-state index contributed by atoms with van der Waals surface area (Å²) in [6.45, 7) is 0. The zero-order valence-electron chi connectivity index (χ0n) is 8.03. The first kappa shape index (κ1) is 10.7. The van der Waals surface area contributed by atoms with Crippen LogP contribution in [0.25, 0.3) is 0 Å². The number of ether oxygens (including phenoxy) is 1. The molecule has 0 heterocycles. The van der Waals surface area contributed by atoms with Crippen LogP contribution in [-0.2, 0) is 11.2 Å². The van der Waals surface area contributed by atoms with Crippen LogP contribution in [0.5, 0.6) is 5.75 Å². The molecule has 0 atom stereocenters. The summed E-state index contributed by atoms with van der Waals surface area (Å²) in [5.74, 6) is 0.427. The molecule has 1 aromatic carbocycles. The van der Waals surface area contributed by atoms with Crippen LogP contribution in [0.3, 0.4) is 0 Å². The highest BCUT2D eigenvalue weighted by Gasteiger charge is 2.01. The van der Waals surface area contributed by atoms with Crippen molar-refractivity contribution in [2.45, 2.75) is 12.8 Å². The number of amides is 1. The van der Waals surface area contributed by atoms with Crippen molar-refractivity contribution in [2.75, 3.05) is 7.11 Å². The van der Waals surface area contributed by atoms with Gasteiger partial charge in [-0.15, -0.1) is 0 Å². The van der Waals surface area contributed by atoms with Crippen molar-refractivity contribution < 1.29 is 15.0 Å². The van der Waals surface area contributed by atoms with Gasteiger partial charge in [0.05, 0.1) is 13.5 Å². The molecular formula is C10H13NO3. The summed E-state index contributed by atoms with van der Waals surface area (Å²) in [7, 11) is 1.60. The van der Waals surface area contributed by atoms with Gasteiger partial charge < -0.3 is 15.4 Å². The molecule has 0 radical (unpaired) electrons. The van der Waals surface area contributed by atoms with Crippen LogP contribution >= 0.6 is 0 Å². The number of carbonyl (C=O) groups is 1. The third kappa shape index (κ3) is 3.16. The molecule has 2 N–H and O–H groups in total. The van der Waals surface area contributed by atoms with E-state index in [1.54, 1.807) is 7.11 Å². The molecule has 4 nitrogen and oxygen atoms in total. The minimum absolute atomic E-state index is 0.274.